The van der Waals surface area contributed by atoms with E-state index in [1.807, 2.05) is 30.3 Å². The molecule has 1 atom stereocenters. The molecular weight excluding hydrogens is 350 g/mol. The number of carbonyl (C=O) groups excluding carboxylic acids is 3. The highest BCUT2D eigenvalue weighted by Crippen LogP contribution is 2.17. The number of primary amides is 1. The van der Waals surface area contributed by atoms with Gasteiger partial charge in [-0.1, -0.05) is 30.3 Å². The van der Waals surface area contributed by atoms with Gasteiger partial charge in [-0.3, -0.25) is 4.79 Å². The Hall–Kier alpha value is -3.55. The van der Waals surface area contributed by atoms with Crippen LogP contribution < -0.4 is 21.1 Å². The van der Waals surface area contributed by atoms with Crippen molar-refractivity contribution >= 4 is 23.6 Å². The smallest absolute Gasteiger partial charge is 0.328 e. The zero-order chi connectivity index (χ0) is 19.6. The van der Waals surface area contributed by atoms with Crippen LogP contribution in [-0.4, -0.2) is 30.6 Å². The summed E-state index contributed by atoms with van der Waals surface area (Å²) in [5, 5.41) is 4.76. The molecule has 8 heteroatoms. The highest BCUT2D eigenvalue weighted by molar-refractivity contribution is 5.93. The van der Waals surface area contributed by atoms with Crippen molar-refractivity contribution in [3.8, 4) is 5.75 Å². The van der Waals surface area contributed by atoms with Gasteiger partial charge in [-0.25, -0.2) is 9.59 Å². The van der Waals surface area contributed by atoms with E-state index in [0.717, 1.165) is 5.56 Å². The zero-order valence-electron chi connectivity index (χ0n) is 14.8. The average molecular weight is 371 g/mol. The monoisotopic (exact) mass is 371 g/mol. The van der Waals surface area contributed by atoms with Gasteiger partial charge in [-0.05, 0) is 36.8 Å². The molecule has 3 amide bonds. The van der Waals surface area contributed by atoms with Gasteiger partial charge in [0.05, 0.1) is 0 Å². The number of hydrogen-bond donors (Lipinski definition) is 3. The Bertz CT molecular complexity index is 778. The predicted molar refractivity (Wildman–Crippen MR) is 99.0 cm³/mol. The lowest BCUT2D eigenvalue weighted by Gasteiger charge is -2.12. The van der Waals surface area contributed by atoms with Gasteiger partial charge in [0.25, 0.3) is 5.91 Å². The molecule has 0 unspecified atom stereocenters. The average Bonchev–Trinajstić information content (AvgIpc) is 2.66. The molecule has 0 aliphatic rings. The Kier molecular flexibility index (Phi) is 7.18. The number of hydrogen-bond acceptors (Lipinski definition) is 5. The van der Waals surface area contributed by atoms with Crippen molar-refractivity contribution in [2.75, 3.05) is 11.9 Å². The number of urea groups is 1. The highest BCUT2D eigenvalue weighted by atomic mass is 16.5. The van der Waals surface area contributed by atoms with Gasteiger partial charge in [-0.2, -0.15) is 0 Å². The lowest BCUT2D eigenvalue weighted by Crippen LogP contribution is -2.43. The number of nitrogens with two attached hydrogens (primary N) is 1. The Labute approximate surface area is 156 Å². The second kappa shape index (κ2) is 9.81. The first-order valence-electron chi connectivity index (χ1n) is 8.23. The first-order valence-corrected chi connectivity index (χ1v) is 8.23. The maximum absolute atomic E-state index is 11.8. The number of esters is 1. The number of ether oxygens (including phenoxy) is 2. The molecule has 0 saturated heterocycles. The molecule has 2 aromatic carbocycles. The summed E-state index contributed by atoms with van der Waals surface area (Å²) in [6.07, 6.45) is 0. The van der Waals surface area contributed by atoms with Gasteiger partial charge >= 0.3 is 12.0 Å². The van der Waals surface area contributed by atoms with Crippen molar-refractivity contribution in [3.05, 3.63) is 60.2 Å². The normalized spacial score (nSPS) is 11.1. The van der Waals surface area contributed by atoms with Gasteiger partial charge in [-0.15, -0.1) is 0 Å². The molecule has 0 radical (unpaired) electrons. The molecule has 0 saturated carbocycles. The van der Waals surface area contributed by atoms with E-state index >= 15 is 0 Å². The van der Waals surface area contributed by atoms with Crippen LogP contribution in [0.15, 0.2) is 54.6 Å². The van der Waals surface area contributed by atoms with E-state index in [9.17, 15) is 14.4 Å². The van der Waals surface area contributed by atoms with Crippen molar-refractivity contribution in [2.45, 2.75) is 19.6 Å². The predicted octanol–water partition coefficient (Wildman–Crippen LogP) is 1.80. The molecule has 0 aromatic heterocycles. The number of rotatable bonds is 8. The molecule has 0 aliphatic heterocycles. The summed E-state index contributed by atoms with van der Waals surface area (Å²) in [5.74, 6) is -0.601. The van der Waals surface area contributed by atoms with E-state index < -0.39 is 30.6 Å². The largest absolute Gasteiger partial charge is 0.489 e. The van der Waals surface area contributed by atoms with Crippen LogP contribution >= 0.6 is 0 Å². The fraction of sp³-hybridized carbons (Fsp3) is 0.211. The molecule has 0 heterocycles. The first kappa shape index (κ1) is 19.8. The Morgan fingerprint density at radius 1 is 1.04 bits per heavy atom. The van der Waals surface area contributed by atoms with E-state index in [1.165, 1.54) is 6.92 Å². The second-order valence-electron chi connectivity index (χ2n) is 5.68. The molecule has 2 aromatic rings. The van der Waals surface area contributed by atoms with Gasteiger partial charge in [0.1, 0.15) is 18.4 Å². The molecule has 27 heavy (non-hydrogen) atoms. The molecule has 142 valence electrons. The molecular formula is C19H21N3O5. The van der Waals surface area contributed by atoms with Crippen molar-refractivity contribution in [1.29, 1.82) is 0 Å². The minimum absolute atomic E-state index is 0.444. The van der Waals surface area contributed by atoms with Crippen LogP contribution in [0.25, 0.3) is 0 Å². The fourth-order valence-corrected chi connectivity index (χ4v) is 2.11. The number of nitrogens with one attached hydrogen (secondary N) is 2. The van der Waals surface area contributed by atoms with E-state index in [0.29, 0.717) is 18.0 Å². The van der Waals surface area contributed by atoms with E-state index in [4.69, 9.17) is 15.2 Å². The zero-order valence-corrected chi connectivity index (χ0v) is 14.8. The lowest BCUT2D eigenvalue weighted by molar-refractivity contribution is -0.148. The topological polar surface area (TPSA) is 120 Å². The van der Waals surface area contributed by atoms with Crippen LogP contribution in [0.3, 0.4) is 0 Å². The maximum Gasteiger partial charge on any atom is 0.328 e. The van der Waals surface area contributed by atoms with Crippen molar-refractivity contribution in [1.82, 2.24) is 5.32 Å². The minimum Gasteiger partial charge on any atom is -0.489 e. The summed E-state index contributed by atoms with van der Waals surface area (Å²) in [5.41, 5.74) is 6.49. The summed E-state index contributed by atoms with van der Waals surface area (Å²) in [7, 11) is 0. The standard InChI is InChI=1S/C19H21N3O5/c1-13(21-19(20)25)18(24)27-12-17(23)22-15-7-9-16(10-8-15)26-11-14-5-3-2-4-6-14/h2-10,13H,11-12H2,1H3,(H,22,23)(H3,20,21,25)/t13-/m1/s1. The number of benzene rings is 2. The van der Waals surface area contributed by atoms with Crippen molar-refractivity contribution in [2.24, 2.45) is 5.73 Å². The summed E-state index contributed by atoms with van der Waals surface area (Å²) in [4.78, 5) is 34.1. The van der Waals surface area contributed by atoms with Crippen molar-refractivity contribution < 1.29 is 23.9 Å². The van der Waals surface area contributed by atoms with Gasteiger partial charge in [0.2, 0.25) is 0 Å². The first-order chi connectivity index (χ1) is 12.9. The Balaban J connectivity index is 1.75. The molecule has 0 fully saturated rings. The number of anilines is 1. The van der Waals surface area contributed by atoms with Gasteiger partial charge in [0.15, 0.2) is 6.61 Å². The summed E-state index contributed by atoms with van der Waals surface area (Å²) < 4.78 is 10.5. The quantitative estimate of drug-likeness (QED) is 0.611. The molecule has 0 bridgehead atoms. The Morgan fingerprint density at radius 2 is 1.70 bits per heavy atom. The van der Waals surface area contributed by atoms with E-state index in [2.05, 4.69) is 10.6 Å². The third kappa shape index (κ3) is 7.07. The second-order valence-corrected chi connectivity index (χ2v) is 5.68. The minimum atomic E-state index is -0.934. The van der Waals surface area contributed by atoms with E-state index in [-0.39, 0.29) is 0 Å². The van der Waals surface area contributed by atoms with Gasteiger partial charge in [0, 0.05) is 5.69 Å². The number of amides is 3. The SMILES string of the molecule is C[C@@H](NC(N)=O)C(=O)OCC(=O)Nc1ccc(OCc2ccccc2)cc1. The third-order valence-corrected chi connectivity index (χ3v) is 3.44. The lowest BCUT2D eigenvalue weighted by atomic mass is 10.2. The third-order valence-electron chi connectivity index (χ3n) is 3.44. The van der Waals surface area contributed by atoms with Crippen LogP contribution in [-0.2, 0) is 20.9 Å². The van der Waals surface area contributed by atoms with Gasteiger partial charge < -0.3 is 25.8 Å². The molecule has 0 aliphatic carbocycles. The molecule has 4 N–H and O–H groups in total. The summed E-state index contributed by atoms with van der Waals surface area (Å²) in [6, 6.07) is 14.8. The number of carbonyl (C=O) groups is 3. The summed E-state index contributed by atoms with van der Waals surface area (Å²) >= 11 is 0. The highest BCUT2D eigenvalue weighted by Gasteiger charge is 2.17. The molecule has 8 nitrogen and oxygen atoms in total. The molecule has 2 rings (SSSR count). The van der Waals surface area contributed by atoms with E-state index in [1.54, 1.807) is 24.3 Å². The van der Waals surface area contributed by atoms with Crippen LogP contribution in [0.5, 0.6) is 5.75 Å². The fourth-order valence-electron chi connectivity index (χ4n) is 2.11. The van der Waals surface area contributed by atoms with Crippen LogP contribution in [0, 0.1) is 0 Å². The maximum atomic E-state index is 11.8. The molecule has 0 spiro atoms. The summed E-state index contributed by atoms with van der Waals surface area (Å²) in [6.45, 7) is 1.37. The van der Waals surface area contributed by atoms with Crippen LogP contribution in [0.2, 0.25) is 0 Å². The van der Waals surface area contributed by atoms with Crippen LogP contribution in [0.4, 0.5) is 10.5 Å². The Morgan fingerprint density at radius 3 is 2.33 bits per heavy atom. The van der Waals surface area contributed by atoms with Crippen molar-refractivity contribution in [3.63, 3.8) is 0 Å². The van der Waals surface area contributed by atoms with Crippen LogP contribution in [0.1, 0.15) is 12.5 Å².